The Balaban J connectivity index is 1.62. The SMILES string of the molecule is CN=C(NCCCc1cnn(C)c1)NC1CC1C. The summed E-state index contributed by atoms with van der Waals surface area (Å²) in [6.07, 6.45) is 7.40. The number of rotatable bonds is 5. The van der Waals surface area contributed by atoms with Crippen molar-refractivity contribution in [2.75, 3.05) is 13.6 Å². The molecule has 0 saturated heterocycles. The van der Waals surface area contributed by atoms with Crippen molar-refractivity contribution in [2.45, 2.75) is 32.2 Å². The van der Waals surface area contributed by atoms with Gasteiger partial charge in [0.05, 0.1) is 6.20 Å². The molecule has 18 heavy (non-hydrogen) atoms. The number of hydrogen-bond donors (Lipinski definition) is 2. The van der Waals surface area contributed by atoms with Crippen LogP contribution in [-0.4, -0.2) is 35.4 Å². The Labute approximate surface area is 109 Å². The molecule has 1 fully saturated rings. The van der Waals surface area contributed by atoms with E-state index in [4.69, 9.17) is 0 Å². The Morgan fingerprint density at radius 3 is 2.94 bits per heavy atom. The van der Waals surface area contributed by atoms with E-state index in [0.29, 0.717) is 6.04 Å². The lowest BCUT2D eigenvalue weighted by Gasteiger charge is -2.10. The lowest BCUT2D eigenvalue weighted by molar-refractivity contribution is 0.725. The number of hydrogen-bond acceptors (Lipinski definition) is 2. The molecule has 0 aromatic carbocycles. The van der Waals surface area contributed by atoms with E-state index in [-0.39, 0.29) is 0 Å². The zero-order valence-corrected chi connectivity index (χ0v) is 11.5. The predicted octanol–water partition coefficient (Wildman–Crippen LogP) is 0.926. The Morgan fingerprint density at radius 2 is 2.39 bits per heavy atom. The van der Waals surface area contributed by atoms with Crippen LogP contribution in [0.2, 0.25) is 0 Å². The van der Waals surface area contributed by atoms with Crippen molar-refractivity contribution >= 4 is 5.96 Å². The third-order valence-electron chi connectivity index (χ3n) is 3.35. The van der Waals surface area contributed by atoms with Crippen molar-refractivity contribution in [1.82, 2.24) is 20.4 Å². The van der Waals surface area contributed by atoms with Gasteiger partial charge in [-0.05, 0) is 30.7 Å². The van der Waals surface area contributed by atoms with Crippen LogP contribution in [0.15, 0.2) is 17.4 Å². The summed E-state index contributed by atoms with van der Waals surface area (Å²) < 4.78 is 1.84. The number of aryl methyl sites for hydroxylation is 2. The number of nitrogens with zero attached hydrogens (tertiary/aromatic N) is 3. The van der Waals surface area contributed by atoms with Crippen molar-refractivity contribution in [1.29, 1.82) is 0 Å². The summed E-state index contributed by atoms with van der Waals surface area (Å²) in [5.74, 6) is 1.72. The first-order valence-corrected chi connectivity index (χ1v) is 6.63. The average Bonchev–Trinajstić information content (AvgIpc) is 2.87. The summed E-state index contributed by atoms with van der Waals surface area (Å²) in [5, 5.41) is 10.9. The largest absolute Gasteiger partial charge is 0.356 e. The van der Waals surface area contributed by atoms with Crippen molar-refractivity contribution in [3.05, 3.63) is 18.0 Å². The summed E-state index contributed by atoms with van der Waals surface area (Å²) in [6.45, 7) is 3.20. The van der Waals surface area contributed by atoms with Crippen LogP contribution in [0.25, 0.3) is 0 Å². The number of aromatic nitrogens is 2. The fourth-order valence-corrected chi connectivity index (χ4v) is 1.99. The van der Waals surface area contributed by atoms with Gasteiger partial charge in [0.1, 0.15) is 0 Å². The highest BCUT2D eigenvalue weighted by Gasteiger charge is 2.32. The Bertz CT molecular complexity index is 409. The molecule has 2 atom stereocenters. The van der Waals surface area contributed by atoms with Gasteiger partial charge >= 0.3 is 0 Å². The summed E-state index contributed by atoms with van der Waals surface area (Å²) >= 11 is 0. The molecular formula is C13H23N5. The van der Waals surface area contributed by atoms with Crippen LogP contribution in [-0.2, 0) is 13.5 Å². The van der Waals surface area contributed by atoms with Crippen LogP contribution in [0.4, 0.5) is 0 Å². The van der Waals surface area contributed by atoms with Gasteiger partial charge in [0.25, 0.3) is 0 Å². The van der Waals surface area contributed by atoms with E-state index in [2.05, 4.69) is 33.8 Å². The van der Waals surface area contributed by atoms with Crippen molar-refractivity contribution in [2.24, 2.45) is 18.0 Å². The summed E-state index contributed by atoms with van der Waals surface area (Å²) in [7, 11) is 3.77. The lowest BCUT2D eigenvalue weighted by atomic mass is 10.2. The van der Waals surface area contributed by atoms with Crippen LogP contribution in [0.3, 0.4) is 0 Å². The minimum absolute atomic E-state index is 0.620. The zero-order chi connectivity index (χ0) is 13.0. The molecule has 2 unspecified atom stereocenters. The molecule has 5 nitrogen and oxygen atoms in total. The highest BCUT2D eigenvalue weighted by molar-refractivity contribution is 5.80. The average molecular weight is 249 g/mol. The predicted molar refractivity (Wildman–Crippen MR) is 73.6 cm³/mol. The second kappa shape index (κ2) is 5.89. The molecule has 0 bridgehead atoms. The smallest absolute Gasteiger partial charge is 0.191 e. The zero-order valence-electron chi connectivity index (χ0n) is 11.5. The fraction of sp³-hybridized carbons (Fsp3) is 0.692. The number of nitrogens with one attached hydrogen (secondary N) is 2. The molecule has 0 spiro atoms. The van der Waals surface area contributed by atoms with E-state index in [9.17, 15) is 0 Å². The minimum Gasteiger partial charge on any atom is -0.356 e. The molecular weight excluding hydrogens is 226 g/mol. The maximum absolute atomic E-state index is 4.23. The Kier molecular flexibility index (Phi) is 4.23. The lowest BCUT2D eigenvalue weighted by Crippen LogP contribution is -2.39. The van der Waals surface area contributed by atoms with Gasteiger partial charge in [-0.3, -0.25) is 9.67 Å². The van der Waals surface area contributed by atoms with Crippen molar-refractivity contribution < 1.29 is 0 Å². The molecule has 1 aromatic heterocycles. The third-order valence-corrected chi connectivity index (χ3v) is 3.35. The molecule has 100 valence electrons. The molecule has 2 N–H and O–H groups in total. The minimum atomic E-state index is 0.620. The molecule has 2 rings (SSSR count). The monoisotopic (exact) mass is 249 g/mol. The molecule has 1 aromatic rings. The molecule has 1 aliphatic rings. The van der Waals surface area contributed by atoms with Crippen molar-refractivity contribution in [3.63, 3.8) is 0 Å². The first-order chi connectivity index (χ1) is 8.69. The van der Waals surface area contributed by atoms with Gasteiger partial charge < -0.3 is 10.6 Å². The van der Waals surface area contributed by atoms with Gasteiger partial charge in [-0.1, -0.05) is 6.92 Å². The standard InChI is InChI=1S/C13H23N5/c1-10-7-12(10)17-13(14-2)15-6-4-5-11-8-16-18(3)9-11/h8-10,12H,4-7H2,1-3H3,(H2,14,15,17). The molecule has 1 aliphatic carbocycles. The summed E-state index contributed by atoms with van der Waals surface area (Å²) in [6, 6.07) is 0.620. The van der Waals surface area contributed by atoms with E-state index < -0.39 is 0 Å². The number of guanidine groups is 1. The van der Waals surface area contributed by atoms with Crippen LogP contribution in [0.1, 0.15) is 25.3 Å². The van der Waals surface area contributed by atoms with Gasteiger partial charge in [-0.25, -0.2) is 0 Å². The van der Waals surface area contributed by atoms with Crippen molar-refractivity contribution in [3.8, 4) is 0 Å². The normalized spacial score (nSPS) is 22.9. The van der Waals surface area contributed by atoms with E-state index in [1.807, 2.05) is 25.0 Å². The first kappa shape index (κ1) is 12.9. The summed E-state index contributed by atoms with van der Waals surface area (Å²) in [4.78, 5) is 4.23. The second-order valence-electron chi connectivity index (χ2n) is 5.09. The molecule has 1 heterocycles. The van der Waals surface area contributed by atoms with Gasteiger partial charge in [-0.2, -0.15) is 5.10 Å². The summed E-state index contributed by atoms with van der Waals surface area (Å²) in [5.41, 5.74) is 1.29. The Hall–Kier alpha value is -1.52. The van der Waals surface area contributed by atoms with Crippen LogP contribution in [0, 0.1) is 5.92 Å². The first-order valence-electron chi connectivity index (χ1n) is 6.63. The van der Waals surface area contributed by atoms with Gasteiger partial charge in [0, 0.05) is 32.9 Å². The van der Waals surface area contributed by atoms with Crippen LogP contribution in [0.5, 0.6) is 0 Å². The van der Waals surface area contributed by atoms with Gasteiger partial charge in [0.15, 0.2) is 5.96 Å². The maximum Gasteiger partial charge on any atom is 0.191 e. The van der Waals surface area contributed by atoms with Crippen LogP contribution < -0.4 is 10.6 Å². The molecule has 0 amide bonds. The molecule has 0 radical (unpaired) electrons. The Morgan fingerprint density at radius 1 is 1.61 bits per heavy atom. The molecule has 1 saturated carbocycles. The molecule has 0 aliphatic heterocycles. The van der Waals surface area contributed by atoms with Gasteiger partial charge in [-0.15, -0.1) is 0 Å². The third kappa shape index (κ3) is 3.75. The number of aliphatic imine (C=N–C) groups is 1. The quantitative estimate of drug-likeness (QED) is 0.464. The van der Waals surface area contributed by atoms with E-state index in [1.165, 1.54) is 12.0 Å². The van der Waals surface area contributed by atoms with E-state index >= 15 is 0 Å². The highest BCUT2D eigenvalue weighted by Crippen LogP contribution is 2.28. The second-order valence-corrected chi connectivity index (χ2v) is 5.09. The fourth-order valence-electron chi connectivity index (χ4n) is 1.99. The topological polar surface area (TPSA) is 54.2 Å². The van der Waals surface area contributed by atoms with E-state index in [0.717, 1.165) is 31.3 Å². The van der Waals surface area contributed by atoms with E-state index in [1.54, 1.807) is 0 Å². The highest BCUT2D eigenvalue weighted by atomic mass is 15.2. The van der Waals surface area contributed by atoms with Gasteiger partial charge in [0.2, 0.25) is 0 Å². The maximum atomic E-state index is 4.23. The van der Waals surface area contributed by atoms with Crippen LogP contribution >= 0.6 is 0 Å². The molecule has 5 heteroatoms.